The Balaban J connectivity index is 2.18. The molecule has 2 heterocycles. The molecular formula is C12H18N4O2. The quantitative estimate of drug-likeness (QED) is 0.351. The Hall–Kier alpha value is -1.66. The minimum atomic E-state index is 0.0477. The van der Waals surface area contributed by atoms with Gasteiger partial charge in [-0.1, -0.05) is 11.2 Å². The van der Waals surface area contributed by atoms with Crippen molar-refractivity contribution in [3.63, 3.8) is 0 Å². The van der Waals surface area contributed by atoms with Crippen LogP contribution < -0.4 is 5.73 Å². The summed E-state index contributed by atoms with van der Waals surface area (Å²) in [6.07, 6.45) is 1.64. The first-order chi connectivity index (χ1) is 8.72. The second kappa shape index (κ2) is 5.79. The number of hydrogen-bond acceptors (Lipinski definition) is 5. The largest absolute Gasteiger partial charge is 0.409 e. The molecule has 0 aromatic carbocycles. The van der Waals surface area contributed by atoms with Crippen LogP contribution in [-0.4, -0.2) is 46.7 Å². The zero-order chi connectivity index (χ0) is 13.0. The van der Waals surface area contributed by atoms with E-state index in [0.29, 0.717) is 11.7 Å². The Morgan fingerprint density at radius 1 is 1.72 bits per heavy atom. The fraction of sp³-hybridized carbons (Fsp3) is 0.500. The fourth-order valence-corrected chi connectivity index (χ4v) is 2.06. The lowest BCUT2D eigenvalue weighted by atomic mass is 10.1. The molecule has 3 N–H and O–H groups in total. The summed E-state index contributed by atoms with van der Waals surface area (Å²) in [5.41, 5.74) is 7.13. The van der Waals surface area contributed by atoms with E-state index in [9.17, 15) is 0 Å². The number of hydrogen-bond donors (Lipinski definition) is 2. The summed E-state index contributed by atoms with van der Waals surface area (Å²) >= 11 is 0. The Morgan fingerprint density at radius 2 is 2.56 bits per heavy atom. The van der Waals surface area contributed by atoms with Gasteiger partial charge in [0.1, 0.15) is 5.69 Å². The lowest BCUT2D eigenvalue weighted by Gasteiger charge is -2.33. The summed E-state index contributed by atoms with van der Waals surface area (Å²) in [5.74, 6) is 0.0477. The van der Waals surface area contributed by atoms with Gasteiger partial charge in [-0.2, -0.15) is 0 Å². The number of ether oxygens (including phenoxy) is 1. The lowest BCUT2D eigenvalue weighted by Crippen LogP contribution is -2.43. The Kier molecular flexibility index (Phi) is 4.11. The summed E-state index contributed by atoms with van der Waals surface area (Å²) in [7, 11) is 0. The molecule has 98 valence electrons. The molecule has 1 unspecified atom stereocenters. The summed E-state index contributed by atoms with van der Waals surface area (Å²) in [6, 6.07) is 4.16. The monoisotopic (exact) mass is 250 g/mol. The van der Waals surface area contributed by atoms with Crippen molar-refractivity contribution in [1.29, 1.82) is 0 Å². The average Bonchev–Trinajstić information content (AvgIpc) is 2.41. The molecule has 6 nitrogen and oxygen atoms in total. The smallest absolute Gasteiger partial charge is 0.189 e. The molecule has 1 aliphatic rings. The maximum absolute atomic E-state index is 8.76. The van der Waals surface area contributed by atoms with E-state index in [1.807, 2.05) is 12.1 Å². The second-order valence-corrected chi connectivity index (χ2v) is 4.39. The minimum absolute atomic E-state index is 0.0477. The normalized spacial score (nSPS) is 22.1. The number of aromatic nitrogens is 1. The van der Waals surface area contributed by atoms with Crippen LogP contribution in [0.25, 0.3) is 0 Å². The summed E-state index contributed by atoms with van der Waals surface area (Å²) in [5, 5.41) is 11.8. The number of morpholine rings is 1. The molecule has 0 bridgehead atoms. The van der Waals surface area contributed by atoms with Gasteiger partial charge < -0.3 is 15.7 Å². The predicted molar refractivity (Wildman–Crippen MR) is 67.4 cm³/mol. The fourth-order valence-electron chi connectivity index (χ4n) is 2.06. The minimum Gasteiger partial charge on any atom is -0.409 e. The number of amidine groups is 1. The van der Waals surface area contributed by atoms with Crippen molar-refractivity contribution in [2.24, 2.45) is 10.9 Å². The highest BCUT2D eigenvalue weighted by Gasteiger charge is 2.20. The van der Waals surface area contributed by atoms with E-state index >= 15 is 0 Å². The number of nitrogens with two attached hydrogens (primary N) is 1. The van der Waals surface area contributed by atoms with Gasteiger partial charge in [-0.3, -0.25) is 9.88 Å². The summed E-state index contributed by atoms with van der Waals surface area (Å²) in [4.78, 5) is 6.47. The van der Waals surface area contributed by atoms with Gasteiger partial charge >= 0.3 is 0 Å². The van der Waals surface area contributed by atoms with Gasteiger partial charge in [-0.05, 0) is 18.6 Å². The number of rotatable bonds is 3. The van der Waals surface area contributed by atoms with Crippen LogP contribution in [-0.2, 0) is 11.3 Å². The Labute approximate surface area is 106 Å². The first-order valence-electron chi connectivity index (χ1n) is 5.96. The van der Waals surface area contributed by atoms with Gasteiger partial charge in [-0.25, -0.2) is 0 Å². The third kappa shape index (κ3) is 2.77. The van der Waals surface area contributed by atoms with Crippen LogP contribution in [0.3, 0.4) is 0 Å². The standard InChI is InChI=1S/C12H18N4O2/c1-9-8-18-6-5-16(9)7-10-3-2-4-14-11(10)12(13)15-17/h2-4,9,17H,5-8H2,1H3,(H2,13,15). The molecule has 0 aliphatic carbocycles. The van der Waals surface area contributed by atoms with Crippen LogP contribution in [0.1, 0.15) is 18.2 Å². The molecule has 0 radical (unpaired) electrons. The highest BCUT2D eigenvalue weighted by molar-refractivity contribution is 5.96. The molecular weight excluding hydrogens is 232 g/mol. The van der Waals surface area contributed by atoms with Gasteiger partial charge in [0.25, 0.3) is 0 Å². The molecule has 2 rings (SSSR count). The number of pyridine rings is 1. The van der Waals surface area contributed by atoms with E-state index < -0.39 is 0 Å². The molecule has 1 fully saturated rings. The number of nitrogens with zero attached hydrogens (tertiary/aromatic N) is 3. The van der Waals surface area contributed by atoms with Crippen molar-refractivity contribution in [3.05, 3.63) is 29.6 Å². The van der Waals surface area contributed by atoms with Crippen LogP contribution in [0.2, 0.25) is 0 Å². The van der Waals surface area contributed by atoms with Gasteiger partial charge in [0.15, 0.2) is 5.84 Å². The van der Waals surface area contributed by atoms with E-state index in [-0.39, 0.29) is 5.84 Å². The Morgan fingerprint density at radius 3 is 3.28 bits per heavy atom. The van der Waals surface area contributed by atoms with Crippen molar-refractivity contribution in [3.8, 4) is 0 Å². The van der Waals surface area contributed by atoms with Crippen molar-refractivity contribution in [1.82, 2.24) is 9.88 Å². The molecule has 0 amide bonds. The first-order valence-corrected chi connectivity index (χ1v) is 5.96. The molecule has 1 aromatic heterocycles. The van der Waals surface area contributed by atoms with Gasteiger partial charge in [-0.15, -0.1) is 0 Å². The third-order valence-electron chi connectivity index (χ3n) is 3.12. The predicted octanol–water partition coefficient (Wildman–Crippen LogP) is 0.397. The van der Waals surface area contributed by atoms with Crippen LogP contribution in [0.4, 0.5) is 0 Å². The van der Waals surface area contributed by atoms with Crippen molar-refractivity contribution < 1.29 is 9.94 Å². The van der Waals surface area contributed by atoms with Gasteiger partial charge in [0, 0.05) is 25.3 Å². The highest BCUT2D eigenvalue weighted by Crippen LogP contribution is 2.14. The molecule has 0 spiro atoms. The molecule has 1 atom stereocenters. The second-order valence-electron chi connectivity index (χ2n) is 4.39. The van der Waals surface area contributed by atoms with E-state index in [2.05, 4.69) is 22.0 Å². The summed E-state index contributed by atoms with van der Waals surface area (Å²) < 4.78 is 5.40. The summed E-state index contributed by atoms with van der Waals surface area (Å²) in [6.45, 7) is 5.21. The zero-order valence-corrected chi connectivity index (χ0v) is 10.4. The van der Waals surface area contributed by atoms with Crippen molar-refractivity contribution in [2.45, 2.75) is 19.5 Å². The average molecular weight is 250 g/mol. The van der Waals surface area contributed by atoms with E-state index in [1.54, 1.807) is 6.20 Å². The van der Waals surface area contributed by atoms with Gasteiger partial charge in [0.2, 0.25) is 0 Å². The van der Waals surface area contributed by atoms with Crippen LogP contribution in [0.15, 0.2) is 23.5 Å². The first kappa shape index (κ1) is 12.8. The van der Waals surface area contributed by atoms with E-state index in [0.717, 1.165) is 31.9 Å². The maximum Gasteiger partial charge on any atom is 0.189 e. The SMILES string of the molecule is CC1COCCN1Cc1cccnc1C(N)=NO. The van der Waals surface area contributed by atoms with Crippen LogP contribution in [0, 0.1) is 0 Å². The lowest BCUT2D eigenvalue weighted by molar-refractivity contribution is -0.00443. The Bertz CT molecular complexity index is 436. The van der Waals surface area contributed by atoms with Crippen molar-refractivity contribution in [2.75, 3.05) is 19.8 Å². The molecule has 0 saturated carbocycles. The topological polar surface area (TPSA) is 84.0 Å². The number of oxime groups is 1. The third-order valence-corrected chi connectivity index (χ3v) is 3.12. The molecule has 6 heteroatoms. The molecule has 1 aliphatic heterocycles. The molecule has 1 saturated heterocycles. The van der Waals surface area contributed by atoms with Crippen LogP contribution in [0.5, 0.6) is 0 Å². The zero-order valence-electron chi connectivity index (χ0n) is 10.4. The van der Waals surface area contributed by atoms with Gasteiger partial charge in [0.05, 0.1) is 13.2 Å². The van der Waals surface area contributed by atoms with Crippen LogP contribution >= 0.6 is 0 Å². The maximum atomic E-state index is 8.76. The highest BCUT2D eigenvalue weighted by atomic mass is 16.5. The van der Waals surface area contributed by atoms with Crippen molar-refractivity contribution >= 4 is 5.84 Å². The molecule has 18 heavy (non-hydrogen) atoms. The molecule has 1 aromatic rings. The van der Waals surface area contributed by atoms with E-state index in [1.165, 1.54) is 0 Å². The van der Waals surface area contributed by atoms with E-state index in [4.69, 9.17) is 15.7 Å².